The first-order valence-electron chi connectivity index (χ1n) is 9.07. The fourth-order valence-corrected chi connectivity index (χ4v) is 2.76. The first-order valence-corrected chi connectivity index (χ1v) is 9.07. The van der Waals surface area contributed by atoms with Crippen LogP contribution in [0.3, 0.4) is 0 Å². The summed E-state index contributed by atoms with van der Waals surface area (Å²) in [6.45, 7) is 5.54. The van der Waals surface area contributed by atoms with Crippen LogP contribution < -0.4 is 10.1 Å². The van der Waals surface area contributed by atoms with Crippen molar-refractivity contribution in [2.75, 3.05) is 25.5 Å². The molecule has 2 aromatic rings. The van der Waals surface area contributed by atoms with Gasteiger partial charge in [0.2, 0.25) is 0 Å². The zero-order chi connectivity index (χ0) is 19.8. The number of benzene rings is 2. The first-order chi connectivity index (χ1) is 13.0. The minimum atomic E-state index is -0.437. The molecule has 0 bridgehead atoms. The van der Waals surface area contributed by atoms with Crippen LogP contribution in [0.25, 0.3) is 0 Å². The Morgan fingerprint density at radius 1 is 1.04 bits per heavy atom. The number of rotatable bonds is 8. The fraction of sp³-hybridized carbons (Fsp3) is 0.333. The number of hydrogen-bond acceptors (Lipinski definition) is 4. The average Bonchev–Trinajstić information content (AvgIpc) is 2.67. The number of phenols is 1. The van der Waals surface area contributed by atoms with Gasteiger partial charge >= 0.3 is 0 Å². The summed E-state index contributed by atoms with van der Waals surface area (Å²) in [4.78, 5) is 26.8. The summed E-state index contributed by atoms with van der Waals surface area (Å²) in [6.07, 6.45) is 1.82. The Kier molecular flexibility index (Phi) is 7.23. The van der Waals surface area contributed by atoms with Crippen LogP contribution in [0.15, 0.2) is 42.5 Å². The van der Waals surface area contributed by atoms with Gasteiger partial charge in [-0.25, -0.2) is 0 Å². The van der Waals surface area contributed by atoms with Gasteiger partial charge in [0.25, 0.3) is 11.8 Å². The molecular weight excluding hydrogens is 344 g/mol. The lowest BCUT2D eigenvalue weighted by Crippen LogP contribution is -2.32. The van der Waals surface area contributed by atoms with Crippen molar-refractivity contribution in [1.29, 1.82) is 0 Å². The van der Waals surface area contributed by atoms with E-state index < -0.39 is 5.91 Å². The van der Waals surface area contributed by atoms with Crippen LogP contribution in [0.5, 0.6) is 11.5 Å². The number of ether oxygens (including phenoxy) is 1. The van der Waals surface area contributed by atoms with Gasteiger partial charge < -0.3 is 20.1 Å². The predicted molar refractivity (Wildman–Crippen MR) is 106 cm³/mol. The van der Waals surface area contributed by atoms with Gasteiger partial charge in [0, 0.05) is 30.4 Å². The minimum Gasteiger partial charge on any atom is -0.507 e. The molecule has 2 N–H and O–H groups in total. The molecule has 0 radical (unpaired) electrons. The number of phenolic OH excluding ortho intramolecular Hbond substituents is 1. The molecular formula is C21H26N2O4. The molecule has 6 heteroatoms. The van der Waals surface area contributed by atoms with E-state index in [1.165, 1.54) is 19.2 Å². The molecule has 27 heavy (non-hydrogen) atoms. The van der Waals surface area contributed by atoms with Crippen molar-refractivity contribution in [2.24, 2.45) is 0 Å². The quantitative estimate of drug-likeness (QED) is 0.738. The van der Waals surface area contributed by atoms with Gasteiger partial charge in [-0.2, -0.15) is 0 Å². The number of aromatic hydroxyl groups is 1. The third kappa shape index (κ3) is 5.23. The maximum atomic E-state index is 12.6. The standard InChI is InChI=1S/C21H26N2O4/c1-4-12-23(13-5-2)21(26)15-6-8-16(9-7-15)22-20(25)18-11-10-17(27-3)14-19(18)24/h6-11,14,24H,4-5,12-13H2,1-3H3,(H,22,25). The molecule has 0 aliphatic carbocycles. The van der Waals surface area contributed by atoms with Crippen molar-refractivity contribution >= 4 is 17.5 Å². The van der Waals surface area contributed by atoms with Crippen LogP contribution in [0, 0.1) is 0 Å². The summed E-state index contributed by atoms with van der Waals surface area (Å²) in [5.74, 6) is -0.138. The summed E-state index contributed by atoms with van der Waals surface area (Å²) in [5.41, 5.74) is 1.28. The maximum absolute atomic E-state index is 12.6. The van der Waals surface area contributed by atoms with E-state index in [-0.39, 0.29) is 17.2 Å². The van der Waals surface area contributed by atoms with E-state index in [0.29, 0.717) is 17.0 Å². The molecule has 2 aromatic carbocycles. The summed E-state index contributed by atoms with van der Waals surface area (Å²) in [5, 5.41) is 12.7. The molecule has 0 aliphatic rings. The number of carbonyl (C=O) groups is 2. The van der Waals surface area contributed by atoms with Gasteiger partial charge in [0.1, 0.15) is 11.5 Å². The van der Waals surface area contributed by atoms with E-state index in [9.17, 15) is 14.7 Å². The monoisotopic (exact) mass is 370 g/mol. The molecule has 0 spiro atoms. The van der Waals surface area contributed by atoms with E-state index in [2.05, 4.69) is 5.32 Å². The number of carbonyl (C=O) groups excluding carboxylic acids is 2. The average molecular weight is 370 g/mol. The van der Waals surface area contributed by atoms with Crippen LogP contribution >= 0.6 is 0 Å². The molecule has 6 nitrogen and oxygen atoms in total. The van der Waals surface area contributed by atoms with Crippen molar-refractivity contribution in [3.8, 4) is 11.5 Å². The number of methoxy groups -OCH3 is 1. The summed E-state index contributed by atoms with van der Waals surface area (Å²) in [7, 11) is 1.49. The lowest BCUT2D eigenvalue weighted by molar-refractivity contribution is 0.0755. The van der Waals surface area contributed by atoms with Gasteiger partial charge in [-0.15, -0.1) is 0 Å². The highest BCUT2D eigenvalue weighted by Crippen LogP contribution is 2.24. The predicted octanol–water partition coefficient (Wildman–Crippen LogP) is 3.92. The minimum absolute atomic E-state index is 0.00984. The van der Waals surface area contributed by atoms with Crippen molar-refractivity contribution in [3.05, 3.63) is 53.6 Å². The van der Waals surface area contributed by atoms with Crippen LogP contribution in [0.4, 0.5) is 5.69 Å². The van der Waals surface area contributed by atoms with E-state index in [1.807, 2.05) is 18.7 Å². The number of hydrogen-bond donors (Lipinski definition) is 2. The molecule has 0 heterocycles. The second-order valence-electron chi connectivity index (χ2n) is 6.21. The number of nitrogens with one attached hydrogen (secondary N) is 1. The molecule has 0 saturated carbocycles. The molecule has 0 unspecified atom stereocenters. The lowest BCUT2D eigenvalue weighted by Gasteiger charge is -2.21. The van der Waals surface area contributed by atoms with Crippen LogP contribution in [-0.4, -0.2) is 42.0 Å². The second-order valence-corrected chi connectivity index (χ2v) is 6.21. The SMILES string of the molecule is CCCN(CCC)C(=O)c1ccc(NC(=O)c2ccc(OC)cc2O)cc1. The molecule has 2 amide bonds. The van der Waals surface area contributed by atoms with Crippen LogP contribution in [0.2, 0.25) is 0 Å². The normalized spacial score (nSPS) is 10.3. The van der Waals surface area contributed by atoms with E-state index >= 15 is 0 Å². The molecule has 0 aliphatic heterocycles. The molecule has 2 rings (SSSR count). The van der Waals surface area contributed by atoms with Crippen LogP contribution in [-0.2, 0) is 0 Å². The molecule has 144 valence electrons. The smallest absolute Gasteiger partial charge is 0.259 e. The summed E-state index contributed by atoms with van der Waals surface area (Å²) < 4.78 is 5.01. The Hall–Kier alpha value is -3.02. The Morgan fingerprint density at radius 2 is 1.67 bits per heavy atom. The van der Waals surface area contributed by atoms with Gasteiger partial charge in [-0.3, -0.25) is 9.59 Å². The molecule has 0 aromatic heterocycles. The van der Waals surface area contributed by atoms with Gasteiger partial charge in [0.05, 0.1) is 12.7 Å². The Balaban J connectivity index is 2.08. The summed E-state index contributed by atoms with van der Waals surface area (Å²) >= 11 is 0. The maximum Gasteiger partial charge on any atom is 0.259 e. The van der Waals surface area contributed by atoms with Crippen molar-refractivity contribution in [3.63, 3.8) is 0 Å². The fourth-order valence-electron chi connectivity index (χ4n) is 2.76. The second kappa shape index (κ2) is 9.62. The zero-order valence-corrected chi connectivity index (χ0v) is 16.0. The van der Waals surface area contributed by atoms with Gasteiger partial charge in [-0.05, 0) is 49.2 Å². The van der Waals surface area contributed by atoms with Crippen molar-refractivity contribution in [1.82, 2.24) is 4.90 Å². The van der Waals surface area contributed by atoms with Gasteiger partial charge in [0.15, 0.2) is 0 Å². The third-order valence-electron chi connectivity index (χ3n) is 4.11. The molecule has 0 fully saturated rings. The Bertz CT molecular complexity index is 781. The number of nitrogens with zero attached hydrogens (tertiary/aromatic N) is 1. The highest BCUT2D eigenvalue weighted by Gasteiger charge is 2.15. The van der Waals surface area contributed by atoms with Gasteiger partial charge in [-0.1, -0.05) is 13.8 Å². The highest BCUT2D eigenvalue weighted by atomic mass is 16.5. The lowest BCUT2D eigenvalue weighted by atomic mass is 10.1. The van der Waals surface area contributed by atoms with E-state index in [0.717, 1.165) is 25.9 Å². The summed E-state index contributed by atoms with van der Waals surface area (Å²) in [6, 6.07) is 11.2. The Morgan fingerprint density at radius 3 is 2.19 bits per heavy atom. The van der Waals surface area contributed by atoms with Crippen LogP contribution in [0.1, 0.15) is 47.4 Å². The molecule has 0 atom stereocenters. The Labute approximate surface area is 159 Å². The molecule has 0 saturated heterocycles. The number of amides is 2. The third-order valence-corrected chi connectivity index (χ3v) is 4.11. The number of anilines is 1. The zero-order valence-electron chi connectivity index (χ0n) is 16.0. The highest BCUT2D eigenvalue weighted by molar-refractivity contribution is 6.06. The topological polar surface area (TPSA) is 78.9 Å². The van der Waals surface area contributed by atoms with Crippen molar-refractivity contribution < 1.29 is 19.4 Å². The largest absolute Gasteiger partial charge is 0.507 e. The van der Waals surface area contributed by atoms with E-state index in [4.69, 9.17) is 4.74 Å². The van der Waals surface area contributed by atoms with Crippen molar-refractivity contribution in [2.45, 2.75) is 26.7 Å². The first kappa shape index (κ1) is 20.3. The van der Waals surface area contributed by atoms with E-state index in [1.54, 1.807) is 30.3 Å².